The molecule has 1 N–H and O–H groups in total. The fraction of sp³-hybridized carbons (Fsp3) is 0.750. The van der Waals surface area contributed by atoms with Crippen LogP contribution in [0.1, 0.15) is 55.4 Å². The average molecular weight is 374 g/mol. The number of H-pyrrole nitrogens is 1. The predicted octanol–water partition coefficient (Wildman–Crippen LogP) is 2.07. The third-order valence-electron chi connectivity index (χ3n) is 6.75. The van der Waals surface area contributed by atoms with Crippen molar-refractivity contribution in [2.24, 2.45) is 11.3 Å². The van der Waals surface area contributed by atoms with E-state index in [1.165, 1.54) is 32.1 Å². The highest BCUT2D eigenvalue weighted by Crippen LogP contribution is 2.49. The number of ether oxygens (including phenoxy) is 1. The van der Waals surface area contributed by atoms with Gasteiger partial charge in [-0.15, -0.1) is 0 Å². The number of likely N-dealkylation sites (tertiary alicyclic amines) is 1. The molecule has 1 spiro atoms. The number of rotatable bonds is 4. The molecule has 27 heavy (non-hydrogen) atoms. The summed E-state index contributed by atoms with van der Waals surface area (Å²) in [6.45, 7) is 4.28. The molecule has 1 aliphatic carbocycles. The van der Waals surface area contributed by atoms with Gasteiger partial charge in [0.15, 0.2) is 0 Å². The zero-order valence-corrected chi connectivity index (χ0v) is 16.0. The fourth-order valence-corrected chi connectivity index (χ4v) is 5.22. The van der Waals surface area contributed by atoms with Crippen LogP contribution < -0.4 is 0 Å². The molecule has 0 aromatic carbocycles. The van der Waals surface area contributed by atoms with Crippen LogP contribution in [0, 0.1) is 11.3 Å². The first-order valence-corrected chi connectivity index (χ1v) is 10.3. The van der Waals surface area contributed by atoms with Gasteiger partial charge >= 0.3 is 0 Å². The Morgan fingerprint density at radius 3 is 2.67 bits per heavy atom. The second kappa shape index (κ2) is 8.00. The van der Waals surface area contributed by atoms with Crippen molar-refractivity contribution in [1.82, 2.24) is 20.0 Å². The van der Waals surface area contributed by atoms with E-state index >= 15 is 0 Å². The Kier molecular flexibility index (Phi) is 5.48. The minimum Gasteiger partial charge on any atom is -0.378 e. The summed E-state index contributed by atoms with van der Waals surface area (Å²) in [4.78, 5) is 29.4. The standard InChI is InChI=1S/C20H30N4O3/c25-18(23-10-12-27-13-11-23)5-4-16-14-24(19(26)17-6-9-21-22-17)15-20(16)7-2-1-3-8-20/h6,9,16H,1-5,7-8,10-15H2,(H,21,22). The molecular formula is C20H30N4O3. The second-order valence-electron chi connectivity index (χ2n) is 8.31. The summed E-state index contributed by atoms with van der Waals surface area (Å²) in [7, 11) is 0. The summed E-state index contributed by atoms with van der Waals surface area (Å²) in [6, 6.07) is 1.74. The lowest BCUT2D eigenvalue weighted by molar-refractivity contribution is -0.135. The van der Waals surface area contributed by atoms with Gasteiger partial charge < -0.3 is 14.5 Å². The Bertz CT molecular complexity index is 648. The number of hydrogen-bond donors (Lipinski definition) is 1. The number of aromatic nitrogens is 2. The lowest BCUT2D eigenvalue weighted by Crippen LogP contribution is -2.41. The highest BCUT2D eigenvalue weighted by Gasteiger charge is 2.48. The SMILES string of the molecule is O=C(CCC1CN(C(=O)c2ccn[nH]2)CC12CCCCC2)N1CCOCC1. The molecule has 1 aromatic rings. The van der Waals surface area contributed by atoms with Crippen LogP contribution in [0.2, 0.25) is 0 Å². The monoisotopic (exact) mass is 374 g/mol. The van der Waals surface area contributed by atoms with Crippen LogP contribution in [-0.4, -0.2) is 71.2 Å². The molecule has 1 saturated carbocycles. The van der Waals surface area contributed by atoms with E-state index in [0.717, 1.165) is 19.5 Å². The van der Waals surface area contributed by atoms with Gasteiger partial charge in [-0.2, -0.15) is 5.10 Å². The summed E-state index contributed by atoms with van der Waals surface area (Å²) >= 11 is 0. The van der Waals surface area contributed by atoms with Crippen molar-refractivity contribution < 1.29 is 14.3 Å². The van der Waals surface area contributed by atoms with Crippen molar-refractivity contribution in [3.05, 3.63) is 18.0 Å². The second-order valence-corrected chi connectivity index (χ2v) is 8.31. The number of morpholine rings is 1. The number of carbonyl (C=O) groups is 2. The number of nitrogens with one attached hydrogen (secondary N) is 1. The van der Waals surface area contributed by atoms with Crippen LogP contribution in [0.4, 0.5) is 0 Å². The van der Waals surface area contributed by atoms with E-state index in [2.05, 4.69) is 10.2 Å². The Labute approximate surface area is 160 Å². The molecule has 3 fully saturated rings. The van der Waals surface area contributed by atoms with Gasteiger partial charge in [-0.25, -0.2) is 0 Å². The lowest BCUT2D eigenvalue weighted by Gasteiger charge is -2.38. The molecule has 4 rings (SSSR count). The zero-order valence-electron chi connectivity index (χ0n) is 16.0. The van der Waals surface area contributed by atoms with Crippen LogP contribution >= 0.6 is 0 Å². The largest absolute Gasteiger partial charge is 0.378 e. The van der Waals surface area contributed by atoms with Crippen molar-refractivity contribution in [2.75, 3.05) is 39.4 Å². The maximum Gasteiger partial charge on any atom is 0.271 e. The van der Waals surface area contributed by atoms with Gasteiger partial charge in [0.2, 0.25) is 5.91 Å². The molecule has 1 atom stereocenters. The van der Waals surface area contributed by atoms with E-state index in [1.807, 2.05) is 9.80 Å². The molecule has 2 saturated heterocycles. The number of hydrogen-bond acceptors (Lipinski definition) is 4. The van der Waals surface area contributed by atoms with Crippen LogP contribution in [0.5, 0.6) is 0 Å². The van der Waals surface area contributed by atoms with E-state index in [4.69, 9.17) is 4.74 Å². The summed E-state index contributed by atoms with van der Waals surface area (Å²) in [5.41, 5.74) is 0.755. The molecule has 2 amide bonds. The number of amides is 2. The first-order valence-electron chi connectivity index (χ1n) is 10.3. The zero-order chi connectivity index (χ0) is 18.7. The van der Waals surface area contributed by atoms with Gasteiger partial charge in [0.1, 0.15) is 5.69 Å². The summed E-state index contributed by atoms with van der Waals surface area (Å²) in [5, 5.41) is 6.72. The van der Waals surface area contributed by atoms with Gasteiger partial charge in [0.05, 0.1) is 13.2 Å². The summed E-state index contributed by atoms with van der Waals surface area (Å²) < 4.78 is 5.35. The first-order chi connectivity index (χ1) is 13.2. The van der Waals surface area contributed by atoms with E-state index in [1.54, 1.807) is 12.3 Å². The van der Waals surface area contributed by atoms with Crippen molar-refractivity contribution in [2.45, 2.75) is 44.9 Å². The summed E-state index contributed by atoms with van der Waals surface area (Å²) in [6.07, 6.45) is 9.20. The van der Waals surface area contributed by atoms with Crippen LogP contribution in [0.15, 0.2) is 12.3 Å². The van der Waals surface area contributed by atoms with Crippen molar-refractivity contribution >= 4 is 11.8 Å². The maximum atomic E-state index is 12.8. The van der Waals surface area contributed by atoms with Crippen molar-refractivity contribution in [1.29, 1.82) is 0 Å². The molecule has 0 bridgehead atoms. The molecule has 2 aliphatic heterocycles. The molecular weight excluding hydrogens is 344 g/mol. The van der Waals surface area contributed by atoms with Crippen LogP contribution in [0.3, 0.4) is 0 Å². The van der Waals surface area contributed by atoms with Crippen LogP contribution in [0.25, 0.3) is 0 Å². The van der Waals surface area contributed by atoms with Crippen molar-refractivity contribution in [3.63, 3.8) is 0 Å². The molecule has 0 radical (unpaired) electrons. The molecule has 3 heterocycles. The normalized spacial score (nSPS) is 25.1. The van der Waals surface area contributed by atoms with E-state index in [-0.39, 0.29) is 17.2 Å². The minimum absolute atomic E-state index is 0.0412. The lowest BCUT2D eigenvalue weighted by atomic mass is 9.66. The Morgan fingerprint density at radius 1 is 1.19 bits per heavy atom. The number of nitrogens with zero attached hydrogens (tertiary/aromatic N) is 3. The molecule has 7 nitrogen and oxygen atoms in total. The predicted molar refractivity (Wildman–Crippen MR) is 100 cm³/mol. The molecule has 3 aliphatic rings. The maximum absolute atomic E-state index is 12.8. The van der Waals surface area contributed by atoms with E-state index in [9.17, 15) is 9.59 Å². The highest BCUT2D eigenvalue weighted by atomic mass is 16.5. The fourth-order valence-electron chi connectivity index (χ4n) is 5.22. The van der Waals surface area contributed by atoms with Gasteiger partial charge in [-0.05, 0) is 36.7 Å². The first kappa shape index (κ1) is 18.5. The van der Waals surface area contributed by atoms with Gasteiger partial charge in [-0.1, -0.05) is 19.3 Å². The molecule has 1 unspecified atom stereocenters. The molecule has 148 valence electrons. The smallest absolute Gasteiger partial charge is 0.271 e. The Hall–Kier alpha value is -1.89. The van der Waals surface area contributed by atoms with Gasteiger partial charge in [0, 0.05) is 38.8 Å². The van der Waals surface area contributed by atoms with Crippen molar-refractivity contribution in [3.8, 4) is 0 Å². The van der Waals surface area contributed by atoms with Gasteiger partial charge in [0.25, 0.3) is 5.91 Å². The van der Waals surface area contributed by atoms with E-state index < -0.39 is 0 Å². The molecule has 1 aromatic heterocycles. The van der Waals surface area contributed by atoms with E-state index in [0.29, 0.717) is 44.3 Å². The third-order valence-corrected chi connectivity index (χ3v) is 6.75. The molecule has 7 heteroatoms. The van der Waals surface area contributed by atoms with Gasteiger partial charge in [-0.3, -0.25) is 14.7 Å². The Morgan fingerprint density at radius 2 is 1.96 bits per heavy atom. The number of carbonyl (C=O) groups excluding carboxylic acids is 2. The quantitative estimate of drug-likeness (QED) is 0.875. The minimum atomic E-state index is 0.0412. The Balaban J connectivity index is 1.42. The highest BCUT2D eigenvalue weighted by molar-refractivity contribution is 5.92. The summed E-state index contributed by atoms with van der Waals surface area (Å²) in [5.74, 6) is 0.691. The number of aromatic amines is 1. The van der Waals surface area contributed by atoms with Crippen LogP contribution in [-0.2, 0) is 9.53 Å². The third kappa shape index (κ3) is 3.88. The average Bonchev–Trinajstić information content (AvgIpc) is 3.36. The topological polar surface area (TPSA) is 78.5 Å².